The Kier molecular flexibility index (Phi) is 4.20. The summed E-state index contributed by atoms with van der Waals surface area (Å²) in [5.74, 6) is -0.337. The molecule has 0 saturated heterocycles. The van der Waals surface area contributed by atoms with Crippen LogP contribution in [0, 0.1) is 5.41 Å². The average molecular weight is 323 g/mol. The van der Waals surface area contributed by atoms with Crippen LogP contribution in [0.5, 0.6) is 0 Å². The molecule has 1 aromatic rings. The maximum absolute atomic E-state index is 11.8. The highest BCUT2D eigenvalue weighted by atomic mass is 16.5. The first kappa shape index (κ1) is 16.2. The topological polar surface area (TPSA) is 29.5 Å². The third kappa shape index (κ3) is 2.79. The van der Waals surface area contributed by atoms with Gasteiger partial charge in [0, 0.05) is 19.1 Å². The second-order valence-electron chi connectivity index (χ2n) is 8.04. The smallest absolute Gasteiger partial charge is 0.337 e. The van der Waals surface area contributed by atoms with Crippen molar-refractivity contribution >= 4 is 19.3 Å². The summed E-state index contributed by atoms with van der Waals surface area (Å²) in [6.45, 7) is 2.07. The first-order chi connectivity index (χ1) is 11.6. The molecule has 1 heterocycles. The van der Waals surface area contributed by atoms with Gasteiger partial charge in [0.25, 0.3) is 0 Å². The van der Waals surface area contributed by atoms with Crippen molar-refractivity contribution in [2.75, 3.05) is 13.7 Å². The van der Waals surface area contributed by atoms with Crippen molar-refractivity contribution in [1.29, 1.82) is 0 Å². The maximum atomic E-state index is 11.8. The molecule has 2 aliphatic carbocycles. The maximum Gasteiger partial charge on any atom is 0.337 e. The quantitative estimate of drug-likeness (QED) is 0.619. The van der Waals surface area contributed by atoms with E-state index in [0.29, 0.717) is 16.4 Å². The van der Waals surface area contributed by atoms with Gasteiger partial charge in [-0.3, -0.25) is 4.90 Å². The number of fused-ring (bicyclic) bond motifs is 1. The van der Waals surface area contributed by atoms with E-state index in [-0.39, 0.29) is 5.97 Å². The fraction of sp³-hybridized carbons (Fsp3) is 0.650. The molecule has 126 valence electrons. The van der Waals surface area contributed by atoms with E-state index in [9.17, 15) is 4.79 Å². The van der Waals surface area contributed by atoms with Crippen LogP contribution in [0.25, 0.3) is 0 Å². The van der Waals surface area contributed by atoms with Crippen LogP contribution in [0.1, 0.15) is 66.4 Å². The minimum absolute atomic E-state index is 0.337. The lowest BCUT2D eigenvalue weighted by molar-refractivity contribution is -0.0307. The zero-order chi connectivity index (χ0) is 16.7. The fourth-order valence-electron chi connectivity index (χ4n) is 5.16. The predicted octanol–water partition coefficient (Wildman–Crippen LogP) is 2.74. The highest BCUT2D eigenvalue weighted by Crippen LogP contribution is 2.53. The molecule has 1 aromatic carbocycles. The third-order valence-corrected chi connectivity index (χ3v) is 6.59. The van der Waals surface area contributed by atoms with E-state index in [1.54, 1.807) is 0 Å². The molecule has 1 spiro atoms. The normalized spacial score (nSPS) is 23.5. The van der Waals surface area contributed by atoms with Crippen LogP contribution in [0.3, 0.4) is 0 Å². The monoisotopic (exact) mass is 323 g/mol. The Bertz CT molecular complexity index is 643. The van der Waals surface area contributed by atoms with E-state index in [0.717, 1.165) is 25.6 Å². The molecule has 4 heteroatoms. The minimum Gasteiger partial charge on any atom is -0.465 e. The molecule has 0 aromatic heterocycles. The van der Waals surface area contributed by atoms with Gasteiger partial charge in [-0.15, -0.1) is 0 Å². The van der Waals surface area contributed by atoms with Crippen LogP contribution in [-0.2, 0) is 17.7 Å². The van der Waals surface area contributed by atoms with Crippen molar-refractivity contribution in [3.05, 3.63) is 28.8 Å². The van der Waals surface area contributed by atoms with E-state index in [1.807, 2.05) is 12.1 Å². The molecule has 4 rings (SSSR count). The van der Waals surface area contributed by atoms with Crippen LogP contribution in [0.15, 0.2) is 12.1 Å². The number of nitrogens with zero attached hydrogens (tertiary/aromatic N) is 1. The third-order valence-electron chi connectivity index (χ3n) is 6.59. The summed E-state index contributed by atoms with van der Waals surface area (Å²) in [6.07, 6.45) is 11.0. The number of carbonyl (C=O) groups excluding carboxylic acids is 1. The number of carbonyl (C=O) groups is 1. The van der Waals surface area contributed by atoms with Gasteiger partial charge in [-0.05, 0) is 54.7 Å². The van der Waals surface area contributed by atoms with Gasteiger partial charge >= 0.3 is 5.97 Å². The van der Waals surface area contributed by atoms with Gasteiger partial charge in [0.2, 0.25) is 0 Å². The Labute approximate surface area is 146 Å². The summed E-state index contributed by atoms with van der Waals surface area (Å²) in [5.41, 5.74) is 4.27. The van der Waals surface area contributed by atoms with Crippen LogP contribution in [-0.4, -0.2) is 38.4 Å². The lowest BCUT2D eigenvalue weighted by Gasteiger charge is -2.54. The molecule has 24 heavy (non-hydrogen) atoms. The van der Waals surface area contributed by atoms with Crippen molar-refractivity contribution in [1.82, 2.24) is 4.90 Å². The lowest BCUT2D eigenvalue weighted by atomic mass is 9.58. The summed E-state index contributed by atoms with van der Waals surface area (Å²) in [7, 11) is 7.48. The molecule has 2 radical (unpaired) electrons. The molecule has 3 nitrogen and oxygen atoms in total. The van der Waals surface area contributed by atoms with Crippen molar-refractivity contribution in [2.45, 2.75) is 64.0 Å². The molecule has 2 fully saturated rings. The van der Waals surface area contributed by atoms with E-state index in [1.165, 1.54) is 63.2 Å². The molecule has 0 unspecified atom stereocenters. The summed E-state index contributed by atoms with van der Waals surface area (Å²) >= 11 is 0. The summed E-state index contributed by atoms with van der Waals surface area (Å²) in [5, 5.41) is 0. The molecule has 0 amide bonds. The molecular formula is C20H26BNO2. The lowest BCUT2D eigenvalue weighted by Crippen LogP contribution is -2.52. The molecular weight excluding hydrogens is 297 g/mol. The van der Waals surface area contributed by atoms with Crippen LogP contribution in [0.4, 0.5) is 0 Å². The van der Waals surface area contributed by atoms with Gasteiger partial charge in [-0.2, -0.15) is 0 Å². The van der Waals surface area contributed by atoms with Crippen LogP contribution >= 0.6 is 0 Å². The molecule has 0 atom stereocenters. The van der Waals surface area contributed by atoms with E-state index >= 15 is 0 Å². The second kappa shape index (κ2) is 6.22. The number of hydrogen-bond acceptors (Lipinski definition) is 3. The number of rotatable bonds is 2. The molecule has 2 saturated carbocycles. The van der Waals surface area contributed by atoms with Gasteiger partial charge in [0.1, 0.15) is 7.85 Å². The average Bonchev–Trinajstić information content (AvgIpc) is 2.58. The van der Waals surface area contributed by atoms with Crippen LogP contribution < -0.4 is 5.46 Å². The second-order valence-corrected chi connectivity index (χ2v) is 8.04. The summed E-state index contributed by atoms with van der Waals surface area (Å²) < 4.78 is 4.83. The first-order valence-electron chi connectivity index (χ1n) is 9.34. The molecule has 1 aliphatic heterocycles. The SMILES string of the molecule is [B]c1cc2c(cc1C(=O)OC)CCN(C1CC3(CCCCC3)C1)C2. The van der Waals surface area contributed by atoms with E-state index in [2.05, 4.69) is 4.90 Å². The van der Waals surface area contributed by atoms with Gasteiger partial charge in [-0.1, -0.05) is 30.8 Å². The van der Waals surface area contributed by atoms with Gasteiger partial charge in [0.15, 0.2) is 0 Å². The molecule has 0 N–H and O–H groups in total. The Hall–Kier alpha value is -1.29. The first-order valence-corrected chi connectivity index (χ1v) is 9.34. The Balaban J connectivity index is 1.45. The van der Waals surface area contributed by atoms with E-state index < -0.39 is 0 Å². The van der Waals surface area contributed by atoms with Gasteiger partial charge in [-0.25, -0.2) is 4.79 Å². The largest absolute Gasteiger partial charge is 0.465 e. The highest BCUT2D eigenvalue weighted by Gasteiger charge is 2.46. The Morgan fingerprint density at radius 2 is 1.96 bits per heavy atom. The van der Waals surface area contributed by atoms with Gasteiger partial charge in [0.05, 0.1) is 12.7 Å². The standard InChI is InChI=1S/C20H26BNO2/c1-24-19(23)17-9-14-5-8-22(13-15(14)10-18(17)21)16-11-20(12-16)6-3-2-4-7-20/h9-10,16H,2-8,11-13H2,1H3. The number of methoxy groups -OCH3 is 1. The summed E-state index contributed by atoms with van der Waals surface area (Å²) in [4.78, 5) is 14.4. The van der Waals surface area contributed by atoms with Crippen molar-refractivity contribution in [3.8, 4) is 0 Å². The number of ether oxygens (including phenoxy) is 1. The van der Waals surface area contributed by atoms with Gasteiger partial charge < -0.3 is 4.74 Å². The molecule has 0 bridgehead atoms. The zero-order valence-corrected chi connectivity index (χ0v) is 14.6. The predicted molar refractivity (Wildman–Crippen MR) is 95.8 cm³/mol. The minimum atomic E-state index is -0.337. The Morgan fingerprint density at radius 3 is 2.67 bits per heavy atom. The number of esters is 1. The van der Waals surface area contributed by atoms with Crippen molar-refractivity contribution in [2.24, 2.45) is 5.41 Å². The highest BCUT2D eigenvalue weighted by molar-refractivity contribution is 6.36. The van der Waals surface area contributed by atoms with Crippen molar-refractivity contribution in [3.63, 3.8) is 0 Å². The zero-order valence-electron chi connectivity index (χ0n) is 14.6. The fourth-order valence-corrected chi connectivity index (χ4v) is 5.16. The van der Waals surface area contributed by atoms with E-state index in [4.69, 9.17) is 12.6 Å². The number of benzene rings is 1. The van der Waals surface area contributed by atoms with Crippen molar-refractivity contribution < 1.29 is 9.53 Å². The number of hydrogen-bond donors (Lipinski definition) is 0. The Morgan fingerprint density at radius 1 is 1.21 bits per heavy atom. The van der Waals surface area contributed by atoms with Crippen LogP contribution in [0.2, 0.25) is 0 Å². The summed E-state index contributed by atoms with van der Waals surface area (Å²) in [6, 6.07) is 4.68. The molecule has 3 aliphatic rings.